The van der Waals surface area contributed by atoms with E-state index in [4.69, 9.17) is 18.9 Å². The van der Waals surface area contributed by atoms with Crippen LogP contribution in [0.3, 0.4) is 0 Å². The lowest BCUT2D eigenvalue weighted by Crippen LogP contribution is -2.47. The van der Waals surface area contributed by atoms with Crippen LogP contribution >= 0.6 is 0 Å². The van der Waals surface area contributed by atoms with Crippen molar-refractivity contribution in [1.29, 1.82) is 0 Å². The van der Waals surface area contributed by atoms with Gasteiger partial charge in [-0.15, -0.1) is 0 Å². The average Bonchev–Trinajstić information content (AvgIpc) is 3.06. The van der Waals surface area contributed by atoms with Gasteiger partial charge in [-0.2, -0.15) is 0 Å². The molecule has 0 spiro atoms. The fourth-order valence-corrected chi connectivity index (χ4v) is 3.62. The van der Waals surface area contributed by atoms with Crippen molar-refractivity contribution in [2.24, 2.45) is 0 Å². The van der Waals surface area contributed by atoms with Crippen molar-refractivity contribution in [3.05, 3.63) is 48.5 Å². The maximum Gasteiger partial charge on any atom is 0.161 e. The summed E-state index contributed by atoms with van der Waals surface area (Å²) in [6, 6.07) is 15.1. The standard InChI is InChI=1S/C21H25NO5/c1-24-16-6-2-4-8-18(16)27-20-11-10-15(21(20)23)22-12-14-13-25-17-7-3-5-9-19(17)26-14/h2-9,14-15,20-23H,10-13H2,1H3/t14?,15?,20-,21?/m1/s1. The van der Waals surface area contributed by atoms with Gasteiger partial charge in [-0.1, -0.05) is 24.3 Å². The molecule has 2 aliphatic rings. The fourth-order valence-electron chi connectivity index (χ4n) is 3.62. The fraction of sp³-hybridized carbons (Fsp3) is 0.429. The first kappa shape index (κ1) is 17.9. The van der Waals surface area contributed by atoms with Crippen molar-refractivity contribution < 1.29 is 24.1 Å². The number of rotatable bonds is 6. The number of hydrogen-bond acceptors (Lipinski definition) is 6. The lowest BCUT2D eigenvalue weighted by Gasteiger charge is -2.28. The molecule has 4 atom stereocenters. The van der Waals surface area contributed by atoms with Crippen LogP contribution in [0.25, 0.3) is 0 Å². The van der Waals surface area contributed by atoms with Crippen LogP contribution in [0, 0.1) is 0 Å². The number of aliphatic hydroxyl groups excluding tert-OH is 1. The van der Waals surface area contributed by atoms with Gasteiger partial charge in [0.25, 0.3) is 0 Å². The number of methoxy groups -OCH3 is 1. The molecule has 0 bridgehead atoms. The second-order valence-corrected chi connectivity index (χ2v) is 6.89. The van der Waals surface area contributed by atoms with Crippen molar-refractivity contribution >= 4 is 0 Å². The van der Waals surface area contributed by atoms with Crippen molar-refractivity contribution in [2.45, 2.75) is 37.2 Å². The summed E-state index contributed by atoms with van der Waals surface area (Å²) in [6.07, 6.45) is 0.684. The molecule has 0 amide bonds. The molecule has 2 aromatic rings. The molecule has 0 radical (unpaired) electrons. The van der Waals surface area contributed by atoms with Gasteiger partial charge < -0.3 is 29.4 Å². The van der Waals surface area contributed by atoms with Gasteiger partial charge in [0.05, 0.1) is 7.11 Å². The van der Waals surface area contributed by atoms with Crippen LogP contribution in [0.1, 0.15) is 12.8 Å². The van der Waals surface area contributed by atoms with Gasteiger partial charge in [-0.3, -0.25) is 0 Å². The van der Waals surface area contributed by atoms with Gasteiger partial charge in [0.1, 0.15) is 24.9 Å². The Kier molecular flexibility index (Phi) is 5.36. The molecule has 2 N–H and O–H groups in total. The van der Waals surface area contributed by atoms with Crippen LogP contribution in [-0.4, -0.2) is 49.7 Å². The quantitative estimate of drug-likeness (QED) is 0.813. The van der Waals surface area contributed by atoms with E-state index in [1.165, 1.54) is 0 Å². The highest BCUT2D eigenvalue weighted by molar-refractivity contribution is 5.41. The molecule has 3 unspecified atom stereocenters. The highest BCUT2D eigenvalue weighted by Gasteiger charge is 2.37. The molecule has 0 aromatic heterocycles. The molecule has 1 saturated carbocycles. The van der Waals surface area contributed by atoms with Crippen LogP contribution < -0.4 is 24.3 Å². The summed E-state index contributed by atoms with van der Waals surface area (Å²) in [7, 11) is 1.61. The molecule has 6 nitrogen and oxygen atoms in total. The van der Waals surface area contributed by atoms with Gasteiger partial charge in [0.15, 0.2) is 23.0 Å². The summed E-state index contributed by atoms with van der Waals surface area (Å²) in [4.78, 5) is 0. The van der Waals surface area contributed by atoms with E-state index in [2.05, 4.69) is 5.32 Å². The minimum absolute atomic E-state index is 0.0366. The molecule has 6 heteroatoms. The molecular formula is C21H25NO5. The van der Waals surface area contributed by atoms with Crippen molar-refractivity contribution in [2.75, 3.05) is 20.3 Å². The van der Waals surface area contributed by atoms with E-state index in [0.717, 1.165) is 24.3 Å². The molecule has 1 aliphatic heterocycles. The van der Waals surface area contributed by atoms with Crippen LogP contribution in [-0.2, 0) is 0 Å². The second kappa shape index (κ2) is 8.06. The van der Waals surface area contributed by atoms with E-state index in [9.17, 15) is 5.11 Å². The number of para-hydroxylation sites is 4. The van der Waals surface area contributed by atoms with Gasteiger partial charge in [-0.25, -0.2) is 0 Å². The molecule has 2 aromatic carbocycles. The number of fused-ring (bicyclic) bond motifs is 1. The maximum atomic E-state index is 10.7. The third kappa shape index (κ3) is 3.96. The number of nitrogens with one attached hydrogen (secondary N) is 1. The lowest BCUT2D eigenvalue weighted by molar-refractivity contribution is 0.0373. The molecule has 144 valence electrons. The molecule has 0 saturated heterocycles. The zero-order valence-corrected chi connectivity index (χ0v) is 15.3. The predicted octanol–water partition coefficient (Wildman–Crippen LogP) is 2.40. The van der Waals surface area contributed by atoms with Crippen molar-refractivity contribution in [3.63, 3.8) is 0 Å². The average molecular weight is 371 g/mol. The van der Waals surface area contributed by atoms with E-state index < -0.39 is 6.10 Å². The third-order valence-electron chi connectivity index (χ3n) is 5.08. The van der Waals surface area contributed by atoms with Crippen LogP contribution in [0.5, 0.6) is 23.0 Å². The first-order chi connectivity index (χ1) is 13.2. The minimum Gasteiger partial charge on any atom is -0.493 e. The number of aliphatic hydroxyl groups is 1. The van der Waals surface area contributed by atoms with Crippen LogP contribution in [0.4, 0.5) is 0 Å². The Morgan fingerprint density at radius 1 is 1.04 bits per heavy atom. The largest absolute Gasteiger partial charge is 0.493 e. The summed E-state index contributed by atoms with van der Waals surface area (Å²) >= 11 is 0. The van der Waals surface area contributed by atoms with Gasteiger partial charge >= 0.3 is 0 Å². The highest BCUT2D eigenvalue weighted by Crippen LogP contribution is 2.32. The van der Waals surface area contributed by atoms with E-state index in [-0.39, 0.29) is 18.2 Å². The second-order valence-electron chi connectivity index (χ2n) is 6.89. The SMILES string of the molecule is COc1ccccc1O[C@@H]1CCC(NCC2COc3ccccc3O2)C1O. The van der Waals surface area contributed by atoms with Gasteiger partial charge in [0, 0.05) is 12.6 Å². The van der Waals surface area contributed by atoms with E-state index in [1.807, 2.05) is 48.5 Å². The predicted molar refractivity (Wildman–Crippen MR) is 101 cm³/mol. The molecular weight excluding hydrogens is 346 g/mol. The van der Waals surface area contributed by atoms with Crippen LogP contribution in [0.15, 0.2) is 48.5 Å². The summed E-state index contributed by atoms with van der Waals surface area (Å²) in [5.74, 6) is 2.87. The Morgan fingerprint density at radius 2 is 1.78 bits per heavy atom. The van der Waals surface area contributed by atoms with Crippen LogP contribution in [0.2, 0.25) is 0 Å². The monoisotopic (exact) mass is 371 g/mol. The first-order valence-corrected chi connectivity index (χ1v) is 9.34. The van der Waals surface area contributed by atoms with Crippen molar-refractivity contribution in [1.82, 2.24) is 5.32 Å². The Bertz CT molecular complexity index is 768. The Morgan fingerprint density at radius 3 is 2.59 bits per heavy atom. The summed E-state index contributed by atoms with van der Waals surface area (Å²) in [6.45, 7) is 1.10. The number of benzene rings is 2. The number of hydrogen-bond donors (Lipinski definition) is 2. The molecule has 1 aliphatic carbocycles. The Hall–Kier alpha value is -2.44. The maximum absolute atomic E-state index is 10.7. The van der Waals surface area contributed by atoms with Gasteiger partial charge in [-0.05, 0) is 37.1 Å². The molecule has 27 heavy (non-hydrogen) atoms. The third-order valence-corrected chi connectivity index (χ3v) is 5.08. The summed E-state index contributed by atoms with van der Waals surface area (Å²) in [5, 5.41) is 14.1. The smallest absolute Gasteiger partial charge is 0.161 e. The summed E-state index contributed by atoms with van der Waals surface area (Å²) in [5.41, 5.74) is 0. The minimum atomic E-state index is -0.591. The number of ether oxygens (including phenoxy) is 4. The van der Waals surface area contributed by atoms with E-state index >= 15 is 0 Å². The normalized spacial score (nSPS) is 26.6. The molecule has 1 fully saturated rings. The first-order valence-electron chi connectivity index (χ1n) is 9.34. The van der Waals surface area contributed by atoms with E-state index in [1.54, 1.807) is 7.11 Å². The molecule has 4 rings (SSSR count). The Balaban J connectivity index is 1.30. The zero-order valence-electron chi connectivity index (χ0n) is 15.3. The molecule has 1 heterocycles. The Labute approximate surface area is 159 Å². The summed E-state index contributed by atoms with van der Waals surface area (Å²) < 4.78 is 23.0. The van der Waals surface area contributed by atoms with Gasteiger partial charge in [0.2, 0.25) is 0 Å². The van der Waals surface area contributed by atoms with Crippen molar-refractivity contribution in [3.8, 4) is 23.0 Å². The van der Waals surface area contributed by atoms with E-state index in [0.29, 0.717) is 24.7 Å². The topological polar surface area (TPSA) is 69.2 Å². The zero-order chi connectivity index (χ0) is 18.6. The lowest BCUT2D eigenvalue weighted by atomic mass is 10.2. The highest BCUT2D eigenvalue weighted by atomic mass is 16.6.